The zero-order valence-corrected chi connectivity index (χ0v) is 20.7. The second-order valence-electron chi connectivity index (χ2n) is 8.80. The lowest BCUT2D eigenvalue weighted by Gasteiger charge is -2.20. The van der Waals surface area contributed by atoms with Gasteiger partial charge in [0.2, 0.25) is 0 Å². The molecule has 1 aromatic carbocycles. The number of carbonyl (C=O) groups is 1. The topological polar surface area (TPSA) is 125 Å². The molecule has 3 aromatic rings. The quantitative estimate of drug-likeness (QED) is 0.447. The van der Waals surface area contributed by atoms with E-state index in [0.29, 0.717) is 29.2 Å². The molecule has 5 rings (SSSR count). The molecule has 192 valence electrons. The van der Waals surface area contributed by atoms with Crippen LogP contribution in [0, 0.1) is 12.7 Å². The van der Waals surface area contributed by atoms with E-state index in [2.05, 4.69) is 26.0 Å². The third-order valence-corrected chi connectivity index (χ3v) is 6.74. The van der Waals surface area contributed by atoms with E-state index in [1.54, 1.807) is 14.0 Å². The summed E-state index contributed by atoms with van der Waals surface area (Å²) in [5, 5.41) is 7.34. The zero-order chi connectivity index (χ0) is 25.6. The first-order valence-corrected chi connectivity index (χ1v) is 13.2. The number of amides is 1. The Morgan fingerprint density at radius 3 is 2.72 bits per heavy atom. The van der Waals surface area contributed by atoms with Gasteiger partial charge in [-0.1, -0.05) is 0 Å². The van der Waals surface area contributed by atoms with Crippen LogP contribution in [0.5, 0.6) is 5.75 Å². The summed E-state index contributed by atoms with van der Waals surface area (Å²) in [5.41, 5.74) is 1.78. The van der Waals surface area contributed by atoms with E-state index < -0.39 is 27.5 Å². The number of methoxy groups -OCH3 is 1. The Kier molecular flexibility index (Phi) is 6.32. The number of nitrogens with one attached hydrogen (secondary N) is 2. The molecule has 2 aromatic heterocycles. The van der Waals surface area contributed by atoms with Gasteiger partial charge < -0.3 is 24.3 Å². The number of aromatic nitrogens is 3. The van der Waals surface area contributed by atoms with Crippen molar-refractivity contribution in [1.82, 2.24) is 19.3 Å². The van der Waals surface area contributed by atoms with Gasteiger partial charge in [0.15, 0.2) is 11.9 Å². The van der Waals surface area contributed by atoms with Gasteiger partial charge in [0.25, 0.3) is 5.91 Å². The van der Waals surface area contributed by atoms with Gasteiger partial charge in [0.05, 0.1) is 24.5 Å². The molecule has 11 nitrogen and oxygen atoms in total. The average Bonchev–Trinajstić information content (AvgIpc) is 3.49. The minimum absolute atomic E-state index is 0.184. The predicted octanol–water partition coefficient (Wildman–Crippen LogP) is 1.47. The Balaban J connectivity index is 1.45. The van der Waals surface area contributed by atoms with Crippen molar-refractivity contribution in [2.24, 2.45) is 0 Å². The van der Waals surface area contributed by atoms with Crippen LogP contribution in [0.3, 0.4) is 0 Å². The molecule has 2 saturated heterocycles. The lowest BCUT2D eigenvalue weighted by atomic mass is 10.1. The SMILES string of the molecule is C=S(C)(=O)NC(=O)c1cn2ncnc(Nc3ccc(F)cc3OC3COC4C(OC)COC34)c2c1C. The summed E-state index contributed by atoms with van der Waals surface area (Å²) < 4.78 is 53.2. The second-order valence-corrected chi connectivity index (χ2v) is 11.0. The van der Waals surface area contributed by atoms with E-state index in [-0.39, 0.29) is 36.2 Å². The largest absolute Gasteiger partial charge is 0.483 e. The number of carbonyl (C=O) groups excluding carboxylic acids is 1. The first-order valence-electron chi connectivity index (χ1n) is 11.1. The summed E-state index contributed by atoms with van der Waals surface area (Å²) in [6, 6.07) is 4.10. The van der Waals surface area contributed by atoms with Gasteiger partial charge in [-0.15, -0.1) is 0 Å². The van der Waals surface area contributed by atoms with Crippen molar-refractivity contribution in [3.8, 4) is 5.75 Å². The number of benzene rings is 1. The Hall–Kier alpha value is -3.26. The maximum atomic E-state index is 14.2. The molecule has 1 amide bonds. The molecule has 0 saturated carbocycles. The molecule has 2 fully saturated rings. The normalized spacial score (nSPS) is 24.9. The van der Waals surface area contributed by atoms with E-state index in [4.69, 9.17) is 18.9 Å². The average molecular weight is 520 g/mol. The van der Waals surface area contributed by atoms with Crippen LogP contribution in [0.4, 0.5) is 15.9 Å². The van der Waals surface area contributed by atoms with Gasteiger partial charge in [-0.25, -0.2) is 18.1 Å². The molecule has 0 aliphatic carbocycles. The van der Waals surface area contributed by atoms with Crippen LogP contribution in [-0.4, -0.2) is 81.6 Å². The Bertz CT molecular complexity index is 1430. The van der Waals surface area contributed by atoms with Gasteiger partial charge in [-0.05, 0) is 30.5 Å². The highest BCUT2D eigenvalue weighted by atomic mass is 32.2. The summed E-state index contributed by atoms with van der Waals surface area (Å²) in [7, 11) is -1.16. The lowest BCUT2D eigenvalue weighted by molar-refractivity contribution is -0.0138. The van der Waals surface area contributed by atoms with Crippen molar-refractivity contribution in [2.75, 3.05) is 31.9 Å². The Morgan fingerprint density at radius 2 is 2.00 bits per heavy atom. The van der Waals surface area contributed by atoms with Crippen molar-refractivity contribution in [3.63, 3.8) is 0 Å². The van der Waals surface area contributed by atoms with E-state index in [1.165, 1.54) is 41.5 Å². The molecule has 0 radical (unpaired) electrons. The van der Waals surface area contributed by atoms with E-state index in [1.807, 2.05) is 0 Å². The molecule has 36 heavy (non-hydrogen) atoms. The molecular formula is C23H26FN5O6S. The molecule has 2 N–H and O–H groups in total. The minimum atomic E-state index is -2.76. The fourth-order valence-electron chi connectivity index (χ4n) is 4.45. The molecule has 0 spiro atoms. The number of hydrogen-bond acceptors (Lipinski definition) is 9. The number of rotatable bonds is 7. The number of fused-ring (bicyclic) bond motifs is 2. The summed E-state index contributed by atoms with van der Waals surface area (Å²) in [5.74, 6) is 3.05. The van der Waals surface area contributed by atoms with Crippen LogP contribution in [0.25, 0.3) is 5.52 Å². The van der Waals surface area contributed by atoms with Crippen molar-refractivity contribution < 1.29 is 32.3 Å². The predicted molar refractivity (Wildman–Crippen MR) is 131 cm³/mol. The van der Waals surface area contributed by atoms with Gasteiger partial charge in [0, 0.05) is 35.3 Å². The van der Waals surface area contributed by atoms with Gasteiger partial charge in [0.1, 0.15) is 41.7 Å². The van der Waals surface area contributed by atoms with Gasteiger partial charge in [-0.2, -0.15) is 5.10 Å². The van der Waals surface area contributed by atoms with Crippen LogP contribution in [0.2, 0.25) is 0 Å². The monoisotopic (exact) mass is 519 g/mol. The third kappa shape index (κ3) is 4.62. The molecule has 4 heterocycles. The Morgan fingerprint density at radius 1 is 1.28 bits per heavy atom. The number of aryl methyl sites for hydroxylation is 1. The fourth-order valence-corrected chi connectivity index (χ4v) is 4.95. The number of nitrogens with zero attached hydrogens (tertiary/aromatic N) is 3. The number of ether oxygens (including phenoxy) is 4. The van der Waals surface area contributed by atoms with Crippen LogP contribution in [0.15, 0.2) is 30.7 Å². The van der Waals surface area contributed by atoms with E-state index >= 15 is 0 Å². The Labute approximate surface area is 207 Å². The third-order valence-electron chi connectivity index (χ3n) is 6.12. The second kappa shape index (κ2) is 9.32. The number of hydrogen-bond donors (Lipinski definition) is 2. The van der Waals surface area contributed by atoms with E-state index in [0.717, 1.165) is 0 Å². The lowest BCUT2D eigenvalue weighted by Crippen LogP contribution is -2.35. The minimum Gasteiger partial charge on any atom is -0.483 e. The van der Waals surface area contributed by atoms with Crippen molar-refractivity contribution in [1.29, 1.82) is 0 Å². The van der Waals surface area contributed by atoms with Crippen LogP contribution >= 0.6 is 0 Å². The fraction of sp³-hybridized carbons (Fsp3) is 0.391. The first-order chi connectivity index (χ1) is 17.1. The van der Waals surface area contributed by atoms with Crippen molar-refractivity contribution >= 4 is 38.5 Å². The van der Waals surface area contributed by atoms with Crippen LogP contribution < -0.4 is 14.8 Å². The molecular weight excluding hydrogens is 493 g/mol. The molecule has 5 atom stereocenters. The molecule has 0 bridgehead atoms. The van der Waals surface area contributed by atoms with Crippen molar-refractivity contribution in [2.45, 2.75) is 31.3 Å². The standard InChI is InChI=1S/C23H26FN5O6S/c1-12-14(23(30)28-36(3,4)31)8-29-19(12)22(25-11-26-29)27-15-6-5-13(24)7-16(15)35-18-10-34-20-17(32-2)9-33-21(18)20/h5-8,11,17-18,20-21H,3,9-10H2,1-2,4H3,(H,25,26,27)(H,28,30,31). The molecule has 2 aliphatic rings. The summed E-state index contributed by atoms with van der Waals surface area (Å²) in [6.45, 7) is 2.39. The summed E-state index contributed by atoms with van der Waals surface area (Å²) in [4.78, 5) is 17.0. The van der Waals surface area contributed by atoms with Gasteiger partial charge >= 0.3 is 0 Å². The molecule has 5 unspecified atom stereocenters. The number of halogens is 1. The highest BCUT2D eigenvalue weighted by Gasteiger charge is 2.49. The highest BCUT2D eigenvalue weighted by Crippen LogP contribution is 2.36. The maximum absolute atomic E-state index is 14.2. The maximum Gasteiger partial charge on any atom is 0.264 e. The van der Waals surface area contributed by atoms with Crippen LogP contribution in [0.1, 0.15) is 15.9 Å². The summed E-state index contributed by atoms with van der Waals surface area (Å²) >= 11 is 0. The van der Waals surface area contributed by atoms with Gasteiger partial charge in [-0.3, -0.25) is 9.52 Å². The van der Waals surface area contributed by atoms with Crippen molar-refractivity contribution in [3.05, 3.63) is 47.7 Å². The van der Waals surface area contributed by atoms with E-state index in [9.17, 15) is 13.4 Å². The molecule has 13 heteroatoms. The van der Waals surface area contributed by atoms with Crippen LogP contribution in [-0.2, 0) is 23.9 Å². The zero-order valence-electron chi connectivity index (χ0n) is 19.9. The molecule has 2 aliphatic heterocycles. The smallest absolute Gasteiger partial charge is 0.264 e. The number of anilines is 2. The summed E-state index contributed by atoms with van der Waals surface area (Å²) in [6.07, 6.45) is 2.93. The first kappa shape index (κ1) is 24.4. The highest BCUT2D eigenvalue weighted by molar-refractivity contribution is 7.98.